The maximum absolute atomic E-state index is 13.4. The number of hydrogen-bond acceptors (Lipinski definition) is 9. The zero-order valence-electron chi connectivity index (χ0n) is 29.3. The number of aryl methyl sites for hydroxylation is 1. The van der Waals surface area contributed by atoms with Crippen molar-refractivity contribution in [3.05, 3.63) is 48.0 Å². The molecule has 0 spiro atoms. The second kappa shape index (κ2) is 21.7. The molecule has 2 aromatic rings. The van der Waals surface area contributed by atoms with E-state index in [1.165, 1.54) is 0 Å². The molecular weight excluding hydrogens is 678 g/mol. The van der Waals surface area contributed by atoms with Gasteiger partial charge in [-0.25, -0.2) is 0 Å². The van der Waals surface area contributed by atoms with Crippen LogP contribution in [-0.4, -0.2) is 87.4 Å². The molecule has 2 rings (SSSR count). The monoisotopic (exact) mass is 725 g/mol. The van der Waals surface area contributed by atoms with Gasteiger partial charge in [-0.1, -0.05) is 56.3 Å². The highest BCUT2D eigenvalue weighted by molar-refractivity contribution is 5.96. The first kappa shape index (κ1) is 42.7. The van der Waals surface area contributed by atoms with Crippen molar-refractivity contribution in [1.29, 1.82) is 0 Å². The lowest BCUT2D eigenvalue weighted by Crippen LogP contribution is -2.47. The van der Waals surface area contributed by atoms with Gasteiger partial charge < -0.3 is 36.1 Å². The van der Waals surface area contributed by atoms with E-state index in [-0.39, 0.29) is 19.1 Å². The Kier molecular flexibility index (Phi) is 17.8. The van der Waals surface area contributed by atoms with Gasteiger partial charge in [-0.2, -0.15) is 0 Å². The lowest BCUT2D eigenvalue weighted by Gasteiger charge is -2.25. The third-order valence-electron chi connectivity index (χ3n) is 8.52. The van der Waals surface area contributed by atoms with Gasteiger partial charge in [0, 0.05) is 44.6 Å². The molecule has 15 nitrogen and oxygen atoms in total. The molecule has 0 fully saturated rings. The third-order valence-corrected chi connectivity index (χ3v) is 8.52. The molecule has 0 bridgehead atoms. The van der Waals surface area contributed by atoms with E-state index in [4.69, 9.17) is 5.11 Å². The van der Waals surface area contributed by atoms with E-state index in [0.29, 0.717) is 13.0 Å². The Morgan fingerprint density at radius 3 is 2.04 bits per heavy atom. The molecule has 52 heavy (non-hydrogen) atoms. The highest BCUT2D eigenvalue weighted by Gasteiger charge is 2.33. The van der Waals surface area contributed by atoms with Gasteiger partial charge in [0.15, 0.2) is 5.78 Å². The van der Waals surface area contributed by atoms with Gasteiger partial charge in [0.2, 0.25) is 17.7 Å². The van der Waals surface area contributed by atoms with Crippen LogP contribution in [0.5, 0.6) is 0 Å². The number of aldehydes is 1. The lowest BCUT2D eigenvalue weighted by atomic mass is 9.86. The van der Waals surface area contributed by atoms with Crippen molar-refractivity contribution < 1.29 is 58.5 Å². The van der Waals surface area contributed by atoms with Crippen LogP contribution in [0.3, 0.4) is 0 Å². The summed E-state index contributed by atoms with van der Waals surface area (Å²) < 4.78 is 0. The predicted molar refractivity (Wildman–Crippen MR) is 187 cm³/mol. The summed E-state index contributed by atoms with van der Waals surface area (Å²) in [5.41, 5.74) is 1.14. The molecule has 2 aromatic carbocycles. The van der Waals surface area contributed by atoms with E-state index >= 15 is 0 Å². The Morgan fingerprint density at radius 1 is 0.731 bits per heavy atom. The van der Waals surface area contributed by atoms with Crippen LogP contribution in [0, 0.1) is 17.8 Å². The second-order valence-corrected chi connectivity index (χ2v) is 13.0. The van der Waals surface area contributed by atoms with E-state index in [1.54, 1.807) is 13.8 Å². The van der Waals surface area contributed by atoms with Crippen LogP contribution >= 0.6 is 0 Å². The van der Waals surface area contributed by atoms with Crippen LogP contribution in [0.1, 0.15) is 77.2 Å². The molecule has 0 saturated carbocycles. The second-order valence-electron chi connectivity index (χ2n) is 13.0. The average Bonchev–Trinajstić information content (AvgIpc) is 3.08. The van der Waals surface area contributed by atoms with E-state index < -0.39 is 116 Å². The van der Waals surface area contributed by atoms with Crippen molar-refractivity contribution in [2.24, 2.45) is 17.8 Å². The lowest BCUT2D eigenvalue weighted by molar-refractivity contribution is -0.143. The molecule has 0 aliphatic heterocycles. The summed E-state index contributed by atoms with van der Waals surface area (Å²) in [5.74, 6) is -10.6. The molecule has 15 heteroatoms. The van der Waals surface area contributed by atoms with Crippen LogP contribution < -0.4 is 16.0 Å². The van der Waals surface area contributed by atoms with Crippen molar-refractivity contribution in [3.63, 3.8) is 0 Å². The van der Waals surface area contributed by atoms with Gasteiger partial charge in [0.05, 0.1) is 30.8 Å². The minimum Gasteiger partial charge on any atom is -0.481 e. The average molecular weight is 726 g/mol. The number of benzene rings is 2. The summed E-state index contributed by atoms with van der Waals surface area (Å²) in [5, 5.41) is 37.2. The molecule has 0 aliphatic rings. The first-order valence-electron chi connectivity index (χ1n) is 17.1. The molecule has 6 N–H and O–H groups in total. The highest BCUT2D eigenvalue weighted by Crippen LogP contribution is 2.21. The highest BCUT2D eigenvalue weighted by atomic mass is 16.4. The maximum atomic E-state index is 13.4. The summed E-state index contributed by atoms with van der Waals surface area (Å²) in [7, 11) is 0. The Bertz CT molecular complexity index is 1620. The number of rotatable bonds is 25. The summed E-state index contributed by atoms with van der Waals surface area (Å²) in [6.45, 7) is 3.55. The Morgan fingerprint density at radius 2 is 1.40 bits per heavy atom. The fourth-order valence-corrected chi connectivity index (χ4v) is 5.68. The first-order chi connectivity index (χ1) is 24.6. The van der Waals surface area contributed by atoms with E-state index in [1.807, 2.05) is 42.5 Å². The number of Topliss-reactive ketones (excluding diaryl/α,β-unsaturated/α-hetero) is 2. The molecule has 4 atom stereocenters. The molecule has 0 aromatic heterocycles. The topological polar surface area (TPSA) is 250 Å². The number of carboxylic acid groups (broad SMARTS) is 3. The van der Waals surface area contributed by atoms with Gasteiger partial charge in [0.1, 0.15) is 12.1 Å². The predicted octanol–water partition coefficient (Wildman–Crippen LogP) is 2.46. The summed E-state index contributed by atoms with van der Waals surface area (Å²) in [6.07, 6.45) is -2.36. The van der Waals surface area contributed by atoms with Gasteiger partial charge in [-0.3, -0.25) is 38.4 Å². The SMILES string of the molecule is CC(C)[C@H](CC(=O)[C@H](CCC(=O)O)NC(=O)[C@H](CC(=O)O)CC(=O)CCC(=O)NCCCc1cccc2ccccc12)C(=O)N[C@H](C=O)CC(=O)O. The van der Waals surface area contributed by atoms with Crippen LogP contribution in [0.2, 0.25) is 0 Å². The third kappa shape index (κ3) is 15.2. The Balaban J connectivity index is 1.99. The van der Waals surface area contributed by atoms with Crippen LogP contribution in [0.4, 0.5) is 0 Å². The molecule has 282 valence electrons. The summed E-state index contributed by atoms with van der Waals surface area (Å²) in [4.78, 5) is 110. The zero-order valence-corrected chi connectivity index (χ0v) is 29.3. The Labute approximate surface area is 300 Å². The standard InChI is InChI=1S/C37H47N3O12/c1-22(2)29(37(52)39-26(21-41)19-35(49)50)20-31(43)30(13-15-33(45)46)40-36(51)25(18-34(47)48)17-27(42)12-14-32(44)38-16-6-10-24-9-5-8-23-7-3-4-11-28(23)24/h3-5,7-9,11,21-22,25-26,29-30H,6,10,12-20H2,1-2H3,(H,38,44)(H,39,52)(H,40,51)(H,45,46)(H,47,48)(H,49,50)/t25-,26-,29-,30-/m0/s1. The van der Waals surface area contributed by atoms with Crippen LogP contribution in [-0.2, 0) is 49.6 Å². The van der Waals surface area contributed by atoms with Gasteiger partial charge in [-0.15, -0.1) is 0 Å². The van der Waals surface area contributed by atoms with Crippen molar-refractivity contribution in [3.8, 4) is 0 Å². The molecule has 0 unspecified atom stereocenters. The smallest absolute Gasteiger partial charge is 0.305 e. The number of carboxylic acids is 3. The molecule has 0 radical (unpaired) electrons. The van der Waals surface area contributed by atoms with E-state index in [0.717, 1.165) is 22.8 Å². The van der Waals surface area contributed by atoms with Crippen LogP contribution in [0.25, 0.3) is 10.8 Å². The van der Waals surface area contributed by atoms with E-state index in [9.17, 15) is 53.4 Å². The first-order valence-corrected chi connectivity index (χ1v) is 17.1. The van der Waals surface area contributed by atoms with Crippen molar-refractivity contribution in [2.45, 2.75) is 90.1 Å². The zero-order chi connectivity index (χ0) is 38.8. The van der Waals surface area contributed by atoms with Gasteiger partial charge in [-0.05, 0) is 41.5 Å². The molecule has 3 amide bonds. The molecule has 0 aliphatic carbocycles. The minimum atomic E-state index is -1.47. The summed E-state index contributed by atoms with van der Waals surface area (Å²) >= 11 is 0. The summed E-state index contributed by atoms with van der Waals surface area (Å²) in [6, 6.07) is 11.2. The van der Waals surface area contributed by atoms with Crippen molar-refractivity contribution in [1.82, 2.24) is 16.0 Å². The van der Waals surface area contributed by atoms with Crippen molar-refractivity contribution >= 4 is 64.3 Å². The van der Waals surface area contributed by atoms with Crippen LogP contribution in [0.15, 0.2) is 42.5 Å². The number of amides is 3. The largest absolute Gasteiger partial charge is 0.481 e. The fraction of sp³-hybridized carbons (Fsp3) is 0.486. The number of aliphatic carboxylic acids is 3. The minimum absolute atomic E-state index is 0.190. The molecule has 0 heterocycles. The number of carbonyl (C=O) groups is 9. The number of ketones is 2. The normalized spacial score (nSPS) is 13.3. The van der Waals surface area contributed by atoms with E-state index in [2.05, 4.69) is 16.0 Å². The van der Waals surface area contributed by atoms with Gasteiger partial charge in [0.25, 0.3) is 0 Å². The fourth-order valence-electron chi connectivity index (χ4n) is 5.68. The molecular formula is C37H47N3O12. The quantitative estimate of drug-likeness (QED) is 0.0638. The van der Waals surface area contributed by atoms with Crippen molar-refractivity contribution in [2.75, 3.05) is 6.54 Å². The maximum Gasteiger partial charge on any atom is 0.305 e. The molecule has 0 saturated heterocycles. The number of nitrogens with one attached hydrogen (secondary N) is 3. The number of fused-ring (bicyclic) bond motifs is 1. The number of hydrogen-bond donors (Lipinski definition) is 6. The van der Waals surface area contributed by atoms with Gasteiger partial charge >= 0.3 is 17.9 Å². The number of carbonyl (C=O) groups excluding carboxylic acids is 6. The Hall–Kier alpha value is -5.47.